The highest BCUT2D eigenvalue weighted by Gasteiger charge is 2.15. The van der Waals surface area contributed by atoms with Crippen molar-refractivity contribution < 1.29 is 4.79 Å². The SMILES string of the molecule is O=C(CNCCSc1ccccc1)N1CCCCC1. The van der Waals surface area contributed by atoms with Crippen LogP contribution in [0, 0.1) is 0 Å². The van der Waals surface area contributed by atoms with E-state index < -0.39 is 0 Å². The van der Waals surface area contributed by atoms with Gasteiger partial charge in [-0.05, 0) is 31.4 Å². The molecule has 2 rings (SSSR count). The lowest BCUT2D eigenvalue weighted by Gasteiger charge is -2.26. The first kappa shape index (κ1) is 14.4. The Morgan fingerprint density at radius 2 is 1.89 bits per heavy atom. The van der Waals surface area contributed by atoms with Crippen LogP contribution < -0.4 is 5.32 Å². The highest BCUT2D eigenvalue weighted by atomic mass is 32.2. The molecule has 0 aliphatic carbocycles. The number of carbonyl (C=O) groups is 1. The third kappa shape index (κ3) is 5.25. The van der Waals surface area contributed by atoms with Gasteiger partial charge >= 0.3 is 0 Å². The number of amides is 1. The van der Waals surface area contributed by atoms with E-state index in [4.69, 9.17) is 0 Å². The number of hydrogen-bond acceptors (Lipinski definition) is 3. The Bertz CT molecular complexity index is 377. The van der Waals surface area contributed by atoms with E-state index in [9.17, 15) is 4.79 Å². The molecular weight excluding hydrogens is 256 g/mol. The van der Waals surface area contributed by atoms with Crippen molar-refractivity contribution in [1.29, 1.82) is 0 Å². The lowest BCUT2D eigenvalue weighted by Crippen LogP contribution is -2.41. The smallest absolute Gasteiger partial charge is 0.236 e. The standard InChI is InChI=1S/C15H22N2OS/c18-15(17-10-5-2-6-11-17)13-16-9-12-19-14-7-3-1-4-8-14/h1,3-4,7-8,16H,2,5-6,9-13H2. The average molecular weight is 278 g/mol. The van der Waals surface area contributed by atoms with Gasteiger partial charge in [0.05, 0.1) is 6.54 Å². The maximum atomic E-state index is 11.9. The van der Waals surface area contributed by atoms with E-state index in [1.165, 1.54) is 11.3 Å². The van der Waals surface area contributed by atoms with Gasteiger partial charge in [-0.25, -0.2) is 0 Å². The van der Waals surface area contributed by atoms with Crippen LogP contribution in [0.4, 0.5) is 0 Å². The first-order valence-electron chi connectivity index (χ1n) is 7.02. The van der Waals surface area contributed by atoms with Gasteiger partial charge in [0.1, 0.15) is 0 Å². The van der Waals surface area contributed by atoms with Crippen molar-refractivity contribution in [2.24, 2.45) is 0 Å². The largest absolute Gasteiger partial charge is 0.342 e. The monoisotopic (exact) mass is 278 g/mol. The Balaban J connectivity index is 1.55. The summed E-state index contributed by atoms with van der Waals surface area (Å²) < 4.78 is 0. The van der Waals surface area contributed by atoms with Gasteiger partial charge in [-0.1, -0.05) is 18.2 Å². The molecule has 0 unspecified atom stereocenters. The first-order chi connectivity index (χ1) is 9.36. The number of nitrogens with zero attached hydrogens (tertiary/aromatic N) is 1. The van der Waals surface area contributed by atoms with Crippen LogP contribution in [0.5, 0.6) is 0 Å². The van der Waals surface area contributed by atoms with E-state index in [1.54, 1.807) is 0 Å². The van der Waals surface area contributed by atoms with Gasteiger partial charge in [0.2, 0.25) is 5.91 Å². The van der Waals surface area contributed by atoms with Gasteiger partial charge in [0, 0.05) is 30.3 Å². The van der Waals surface area contributed by atoms with Crippen LogP contribution in [0.2, 0.25) is 0 Å². The zero-order valence-corrected chi connectivity index (χ0v) is 12.1. The van der Waals surface area contributed by atoms with Gasteiger partial charge in [-0.3, -0.25) is 4.79 Å². The summed E-state index contributed by atoms with van der Waals surface area (Å²) in [4.78, 5) is 15.2. The Morgan fingerprint density at radius 1 is 1.16 bits per heavy atom. The highest BCUT2D eigenvalue weighted by molar-refractivity contribution is 7.99. The fraction of sp³-hybridized carbons (Fsp3) is 0.533. The van der Waals surface area contributed by atoms with Crippen molar-refractivity contribution in [3.05, 3.63) is 30.3 Å². The number of piperidine rings is 1. The molecule has 0 saturated carbocycles. The molecule has 0 aromatic heterocycles. The fourth-order valence-corrected chi connectivity index (χ4v) is 3.04. The molecule has 1 amide bonds. The molecule has 0 bridgehead atoms. The first-order valence-corrected chi connectivity index (χ1v) is 8.01. The van der Waals surface area contributed by atoms with Gasteiger partial charge < -0.3 is 10.2 Å². The van der Waals surface area contributed by atoms with Crippen LogP contribution in [0.15, 0.2) is 35.2 Å². The summed E-state index contributed by atoms with van der Waals surface area (Å²) in [6.45, 7) is 3.24. The van der Waals surface area contributed by atoms with Crippen molar-refractivity contribution >= 4 is 17.7 Å². The van der Waals surface area contributed by atoms with E-state index in [2.05, 4.69) is 29.6 Å². The third-order valence-electron chi connectivity index (χ3n) is 3.28. The van der Waals surface area contributed by atoms with E-state index in [1.807, 2.05) is 22.7 Å². The lowest BCUT2D eigenvalue weighted by atomic mass is 10.1. The molecular formula is C15H22N2OS. The van der Waals surface area contributed by atoms with E-state index in [-0.39, 0.29) is 5.91 Å². The molecule has 1 fully saturated rings. The summed E-state index contributed by atoms with van der Waals surface area (Å²) in [7, 11) is 0. The third-order valence-corrected chi connectivity index (χ3v) is 4.29. The molecule has 0 radical (unpaired) electrons. The Hall–Kier alpha value is -1.00. The molecule has 0 atom stereocenters. The highest BCUT2D eigenvalue weighted by Crippen LogP contribution is 2.15. The van der Waals surface area contributed by atoms with Gasteiger partial charge in [-0.2, -0.15) is 0 Å². The van der Waals surface area contributed by atoms with Crippen molar-refractivity contribution in [3.8, 4) is 0 Å². The summed E-state index contributed by atoms with van der Waals surface area (Å²) in [5, 5.41) is 3.24. The summed E-state index contributed by atoms with van der Waals surface area (Å²) in [6, 6.07) is 10.4. The fourth-order valence-electron chi connectivity index (χ4n) is 2.21. The zero-order valence-electron chi connectivity index (χ0n) is 11.3. The number of rotatable bonds is 6. The predicted octanol–water partition coefficient (Wildman–Crippen LogP) is 2.38. The minimum atomic E-state index is 0.254. The average Bonchev–Trinajstić information content (AvgIpc) is 2.49. The summed E-state index contributed by atoms with van der Waals surface area (Å²) >= 11 is 1.82. The van der Waals surface area contributed by atoms with Gasteiger partial charge in [-0.15, -0.1) is 11.8 Å². The second kappa shape index (κ2) is 8.23. The van der Waals surface area contributed by atoms with E-state index >= 15 is 0 Å². The lowest BCUT2D eigenvalue weighted by molar-refractivity contribution is -0.131. The maximum Gasteiger partial charge on any atom is 0.236 e. The number of thioether (sulfide) groups is 1. The number of benzene rings is 1. The molecule has 0 spiro atoms. The van der Waals surface area contributed by atoms with Crippen LogP contribution in [0.1, 0.15) is 19.3 Å². The van der Waals surface area contributed by atoms with Crippen molar-refractivity contribution in [1.82, 2.24) is 10.2 Å². The van der Waals surface area contributed by atoms with Crippen molar-refractivity contribution in [3.63, 3.8) is 0 Å². The molecule has 4 heteroatoms. The Labute approximate surface area is 119 Å². The number of hydrogen-bond donors (Lipinski definition) is 1. The minimum Gasteiger partial charge on any atom is -0.342 e. The van der Waals surface area contributed by atoms with Crippen LogP contribution >= 0.6 is 11.8 Å². The molecule has 1 saturated heterocycles. The van der Waals surface area contributed by atoms with Crippen LogP contribution in [-0.2, 0) is 4.79 Å². The molecule has 1 heterocycles. The van der Waals surface area contributed by atoms with Gasteiger partial charge in [0.25, 0.3) is 0 Å². The summed E-state index contributed by atoms with van der Waals surface area (Å²) in [6.07, 6.45) is 3.59. The molecule has 3 nitrogen and oxygen atoms in total. The van der Waals surface area contributed by atoms with Crippen molar-refractivity contribution in [2.75, 3.05) is 31.9 Å². The molecule has 1 aromatic rings. The molecule has 1 N–H and O–H groups in total. The quantitative estimate of drug-likeness (QED) is 0.640. The molecule has 1 aliphatic heterocycles. The number of nitrogens with one attached hydrogen (secondary N) is 1. The normalized spacial score (nSPS) is 15.5. The predicted molar refractivity (Wildman–Crippen MR) is 80.5 cm³/mol. The molecule has 104 valence electrons. The van der Waals surface area contributed by atoms with Crippen LogP contribution in [0.25, 0.3) is 0 Å². The van der Waals surface area contributed by atoms with Gasteiger partial charge in [0.15, 0.2) is 0 Å². The number of likely N-dealkylation sites (tertiary alicyclic amines) is 1. The molecule has 19 heavy (non-hydrogen) atoms. The Morgan fingerprint density at radius 3 is 2.63 bits per heavy atom. The number of carbonyl (C=O) groups excluding carboxylic acids is 1. The topological polar surface area (TPSA) is 32.3 Å². The molecule has 1 aliphatic rings. The summed E-state index contributed by atoms with van der Waals surface area (Å²) in [5.41, 5.74) is 0. The maximum absolute atomic E-state index is 11.9. The van der Waals surface area contributed by atoms with E-state index in [0.717, 1.165) is 38.2 Å². The van der Waals surface area contributed by atoms with Crippen LogP contribution in [0.3, 0.4) is 0 Å². The Kier molecular flexibility index (Phi) is 6.24. The molecule has 1 aromatic carbocycles. The zero-order chi connectivity index (χ0) is 13.3. The van der Waals surface area contributed by atoms with E-state index in [0.29, 0.717) is 6.54 Å². The summed E-state index contributed by atoms with van der Waals surface area (Å²) in [5.74, 6) is 1.25. The second-order valence-corrected chi connectivity index (χ2v) is 5.95. The van der Waals surface area contributed by atoms with Crippen LogP contribution in [-0.4, -0.2) is 42.7 Å². The minimum absolute atomic E-state index is 0.254. The van der Waals surface area contributed by atoms with Crippen molar-refractivity contribution in [2.45, 2.75) is 24.2 Å². The second-order valence-electron chi connectivity index (χ2n) is 4.78.